The monoisotopic (exact) mass is 490 g/mol. The Bertz CT molecular complexity index is 1860. The van der Waals surface area contributed by atoms with Crippen LogP contribution in [0.15, 0.2) is 36.8 Å². The lowest BCUT2D eigenvalue weighted by Gasteiger charge is -2.28. The van der Waals surface area contributed by atoms with Crippen molar-refractivity contribution >= 4 is 33.8 Å². The number of alkyl halides is 2. The number of halogens is 2. The first-order valence-corrected chi connectivity index (χ1v) is 10.4. The zero-order valence-corrected chi connectivity index (χ0v) is 17.7. The van der Waals surface area contributed by atoms with Crippen molar-refractivity contribution in [1.29, 1.82) is 0 Å². The van der Waals surface area contributed by atoms with Gasteiger partial charge >= 0.3 is 0 Å². The lowest BCUT2D eigenvalue weighted by atomic mass is 10.1. The highest BCUT2D eigenvalue weighted by Gasteiger charge is 2.39. The number of carbonyl (C=O) groups is 1. The van der Waals surface area contributed by atoms with E-state index in [1.54, 1.807) is 0 Å². The number of nitrogens with zero attached hydrogens (tertiary/aromatic N) is 6. The molecular formula is C24H23F2N7O2. The van der Waals surface area contributed by atoms with E-state index in [0.717, 1.165) is 23.1 Å². The Hall–Kier alpha value is -3.73. The van der Waals surface area contributed by atoms with E-state index in [4.69, 9.17) is 15.1 Å². The molecule has 180 valence electrons. The summed E-state index contributed by atoms with van der Waals surface area (Å²) in [4.78, 5) is 25.2. The van der Waals surface area contributed by atoms with Gasteiger partial charge in [-0.1, -0.05) is 6.85 Å². The van der Waals surface area contributed by atoms with E-state index in [9.17, 15) is 13.6 Å². The number of hydrogen-bond donors (Lipinski definition) is 1. The first kappa shape index (κ1) is 12.8. The Morgan fingerprint density at radius 3 is 2.89 bits per heavy atom. The Kier molecular flexibility index (Phi) is 3.11. The highest BCUT2D eigenvalue weighted by Crippen LogP contribution is 2.39. The van der Waals surface area contributed by atoms with Crippen molar-refractivity contribution in [3.05, 3.63) is 42.5 Å². The van der Waals surface area contributed by atoms with Gasteiger partial charge in [-0.3, -0.25) is 9.78 Å². The van der Waals surface area contributed by atoms with E-state index in [2.05, 4.69) is 30.1 Å². The lowest BCUT2D eigenvalue weighted by Crippen LogP contribution is -2.36. The summed E-state index contributed by atoms with van der Waals surface area (Å²) in [5.74, 6) is -2.28. The van der Waals surface area contributed by atoms with E-state index in [-0.39, 0.29) is 50.6 Å². The van der Waals surface area contributed by atoms with E-state index in [1.807, 2.05) is 0 Å². The Labute approximate surface area is 214 Å². The summed E-state index contributed by atoms with van der Waals surface area (Å²) in [6.07, 6.45) is 0.417. The number of amides is 1. The Balaban J connectivity index is 1.41. The molecule has 9 nitrogen and oxygen atoms in total. The van der Waals surface area contributed by atoms with Crippen molar-refractivity contribution in [3.8, 4) is 11.4 Å². The maximum Gasteiger partial charge on any atom is 0.281 e. The van der Waals surface area contributed by atoms with E-state index >= 15 is 0 Å². The molecule has 2 aliphatic rings. The van der Waals surface area contributed by atoms with Crippen LogP contribution in [0, 0.1) is 11.8 Å². The van der Waals surface area contributed by atoms with Crippen molar-refractivity contribution in [3.63, 3.8) is 0 Å². The molecule has 1 saturated carbocycles. The van der Waals surface area contributed by atoms with Crippen LogP contribution in [0.3, 0.4) is 0 Å². The van der Waals surface area contributed by atoms with Crippen LogP contribution in [0.25, 0.3) is 27.8 Å². The zero-order chi connectivity index (χ0) is 33.8. The van der Waals surface area contributed by atoms with E-state index in [1.165, 1.54) is 18.2 Å². The highest BCUT2D eigenvalue weighted by molar-refractivity contribution is 6.00. The van der Waals surface area contributed by atoms with Crippen LogP contribution in [0.4, 0.5) is 20.3 Å². The van der Waals surface area contributed by atoms with Crippen LogP contribution in [0.1, 0.15) is 40.5 Å². The molecule has 2 atom stereocenters. The van der Waals surface area contributed by atoms with E-state index < -0.39 is 62.8 Å². The van der Waals surface area contributed by atoms with Crippen molar-refractivity contribution < 1.29 is 33.4 Å². The largest absolute Gasteiger partial charge is 0.378 e. The van der Waals surface area contributed by atoms with Crippen LogP contribution >= 0.6 is 0 Å². The molecule has 5 heterocycles. The van der Waals surface area contributed by atoms with Gasteiger partial charge in [0.2, 0.25) is 5.91 Å². The van der Waals surface area contributed by atoms with Crippen molar-refractivity contribution in [2.24, 2.45) is 11.8 Å². The number of ether oxygens (including phenoxy) is 1. The van der Waals surface area contributed by atoms with Crippen molar-refractivity contribution in [2.75, 3.05) is 36.3 Å². The number of fused-ring (bicyclic) bond motifs is 2. The zero-order valence-electron chi connectivity index (χ0n) is 28.7. The van der Waals surface area contributed by atoms with Crippen LogP contribution < -0.4 is 10.2 Å². The molecule has 0 bridgehead atoms. The van der Waals surface area contributed by atoms with E-state index in [0.29, 0.717) is 0 Å². The standard InChI is InChI=1S/C24H23F2N7O2/c1-13-8-15(13)24(34)29-19-9-16-17(10-27-19)21(22(25)26)28-11-18(16)23-30-20-3-2-14(12-33(20)31-23)32-4-6-35-7-5-32/h2-3,9-13,15,22H,4-8H2,1H3,(H,27,29,34)/t13-,15+/m1/s1/i1D3,4D2,5D2,6D2,7D2. The lowest BCUT2D eigenvalue weighted by molar-refractivity contribution is -0.117. The summed E-state index contributed by atoms with van der Waals surface area (Å²) in [6, 6.07) is 3.76. The Morgan fingerprint density at radius 1 is 1.26 bits per heavy atom. The van der Waals surface area contributed by atoms with Crippen molar-refractivity contribution in [1.82, 2.24) is 24.6 Å². The molecule has 2 fully saturated rings. The summed E-state index contributed by atoms with van der Waals surface area (Å²) in [5, 5.41) is 6.86. The van der Waals surface area contributed by atoms with Gasteiger partial charge in [-0.05, 0) is 30.5 Å². The molecule has 35 heavy (non-hydrogen) atoms. The molecule has 1 aliphatic carbocycles. The molecule has 0 unspecified atom stereocenters. The molecule has 1 saturated heterocycles. The van der Waals surface area contributed by atoms with Crippen molar-refractivity contribution in [2.45, 2.75) is 19.7 Å². The smallest absolute Gasteiger partial charge is 0.281 e. The summed E-state index contributed by atoms with van der Waals surface area (Å²) in [6.45, 7) is -15.3. The molecule has 1 aliphatic heterocycles. The van der Waals surface area contributed by atoms with Gasteiger partial charge in [0.15, 0.2) is 11.5 Å². The second-order valence-corrected chi connectivity index (χ2v) is 7.90. The first-order valence-electron chi connectivity index (χ1n) is 15.9. The molecule has 11 heteroatoms. The fraction of sp³-hybridized carbons (Fsp3) is 0.375. The van der Waals surface area contributed by atoms with Gasteiger partial charge in [0.1, 0.15) is 11.5 Å². The van der Waals surface area contributed by atoms with Gasteiger partial charge in [0.05, 0.1) is 36.0 Å². The fourth-order valence-electron chi connectivity index (χ4n) is 3.72. The number of nitrogens with one attached hydrogen (secondary N) is 1. The van der Waals surface area contributed by atoms with Gasteiger partial charge in [-0.15, -0.1) is 5.10 Å². The van der Waals surface area contributed by atoms with Gasteiger partial charge in [0, 0.05) is 51.8 Å². The summed E-state index contributed by atoms with van der Waals surface area (Å²) in [7, 11) is 0. The second kappa shape index (κ2) is 8.49. The molecule has 4 aromatic rings. The number of aromatic nitrogens is 5. The summed E-state index contributed by atoms with van der Waals surface area (Å²) >= 11 is 0. The average Bonchev–Trinajstić information content (AvgIpc) is 3.65. The van der Waals surface area contributed by atoms with Crippen LogP contribution in [0.5, 0.6) is 0 Å². The minimum absolute atomic E-state index is 0.0484. The first-order chi connectivity index (χ1) is 21.2. The summed E-state index contributed by atoms with van der Waals surface area (Å²) < 4.78 is 121. The van der Waals surface area contributed by atoms with Crippen LogP contribution in [-0.2, 0) is 9.53 Å². The number of morpholine rings is 1. The number of anilines is 2. The van der Waals surface area contributed by atoms with Gasteiger partial charge in [0.25, 0.3) is 6.43 Å². The molecule has 1 amide bonds. The Morgan fingerprint density at radius 2 is 2.11 bits per heavy atom. The maximum absolute atomic E-state index is 13.9. The third-order valence-corrected chi connectivity index (χ3v) is 5.62. The maximum atomic E-state index is 13.9. The summed E-state index contributed by atoms with van der Waals surface area (Å²) in [5.41, 5.74) is -0.716. The highest BCUT2D eigenvalue weighted by atomic mass is 19.3. The number of hydrogen-bond acceptors (Lipinski definition) is 7. The predicted molar refractivity (Wildman–Crippen MR) is 125 cm³/mol. The molecule has 0 radical (unpaired) electrons. The van der Waals surface area contributed by atoms with Crippen LogP contribution in [-0.4, -0.2) is 56.6 Å². The normalized spacial score (nSPS) is 30.8. The molecular weight excluding hydrogens is 456 g/mol. The van der Waals surface area contributed by atoms with Gasteiger partial charge in [-0.25, -0.2) is 23.3 Å². The average molecular weight is 491 g/mol. The van der Waals surface area contributed by atoms with Gasteiger partial charge in [-0.2, -0.15) is 0 Å². The fourth-order valence-corrected chi connectivity index (χ4v) is 3.72. The quantitative estimate of drug-likeness (QED) is 0.455. The number of carbonyl (C=O) groups excluding carboxylic acids is 1. The molecule has 4 aromatic heterocycles. The number of rotatable bonds is 5. The molecule has 1 N–H and O–H groups in total. The third-order valence-electron chi connectivity index (χ3n) is 5.62. The molecule has 0 aromatic carbocycles. The molecule has 6 rings (SSSR count). The van der Waals surface area contributed by atoms with Crippen LogP contribution in [0.2, 0.25) is 0 Å². The number of pyridine rings is 3. The van der Waals surface area contributed by atoms with Gasteiger partial charge < -0.3 is 15.0 Å². The molecule has 0 spiro atoms. The minimum Gasteiger partial charge on any atom is -0.378 e. The third kappa shape index (κ3) is 4.05. The second-order valence-electron chi connectivity index (χ2n) is 7.90. The minimum atomic E-state index is -3.28. The topological polar surface area (TPSA) is 97.5 Å². The SMILES string of the molecule is [2H]C([2H])([2H])[C@@H]1C[C@@H]1C(=O)Nc1cc2c(-c3nc4ccc(N5C([2H])([2H])C([2H])([2H])OC([2H])([2H])C5([2H])[2H])cn4n3)cnc(C(F)F)c2cn1. The predicted octanol–water partition coefficient (Wildman–Crippen LogP) is 3.71.